The number of halogens is 3. The SMILES string of the molecule is C=Cc1cc2c(N3CCC4(CC3)CN(C(=O)OC(C)(C)C)C4)nc(OC3CCN(C)CC3)nc2c(OCC(C)(F)F)c1Br. The molecule has 2 aromatic rings. The molecule has 0 aliphatic carbocycles. The molecule has 0 bridgehead atoms. The van der Waals surface area contributed by atoms with Crippen LogP contribution in [0.4, 0.5) is 19.4 Å². The molecule has 0 radical (unpaired) electrons. The van der Waals surface area contributed by atoms with E-state index in [1.54, 1.807) is 11.0 Å². The van der Waals surface area contributed by atoms with E-state index in [0.29, 0.717) is 52.9 Å². The summed E-state index contributed by atoms with van der Waals surface area (Å²) >= 11 is 3.54. The number of likely N-dealkylation sites (tertiary alicyclic amines) is 2. The van der Waals surface area contributed by atoms with Crippen molar-refractivity contribution in [2.24, 2.45) is 5.41 Å². The maximum absolute atomic E-state index is 13.9. The normalized spacial score (nSPS) is 19.8. The minimum Gasteiger partial charge on any atom is -0.484 e. The first-order valence-corrected chi connectivity index (χ1v) is 15.7. The molecule has 3 aliphatic heterocycles. The number of amides is 1. The van der Waals surface area contributed by atoms with Gasteiger partial charge in [0, 0.05) is 57.0 Å². The second-order valence-corrected chi connectivity index (χ2v) is 14.1. The molecule has 3 aliphatic rings. The number of fused-ring (bicyclic) bond motifs is 1. The Labute approximate surface area is 260 Å². The van der Waals surface area contributed by atoms with Gasteiger partial charge in [-0.15, -0.1) is 0 Å². The number of nitrogens with zero attached hydrogens (tertiary/aromatic N) is 5. The Morgan fingerprint density at radius 2 is 1.79 bits per heavy atom. The number of piperidine rings is 2. The average molecular weight is 667 g/mol. The Bertz CT molecular complexity index is 1350. The molecule has 3 fully saturated rings. The molecular weight excluding hydrogens is 624 g/mol. The molecule has 5 rings (SSSR count). The number of rotatable bonds is 7. The van der Waals surface area contributed by atoms with Crippen LogP contribution in [0.3, 0.4) is 0 Å². The molecule has 1 aromatic heterocycles. The Morgan fingerprint density at radius 1 is 1.14 bits per heavy atom. The van der Waals surface area contributed by atoms with Gasteiger partial charge in [0.1, 0.15) is 23.0 Å². The third kappa shape index (κ3) is 7.33. The first kappa shape index (κ1) is 31.7. The van der Waals surface area contributed by atoms with Gasteiger partial charge in [0.05, 0.1) is 4.47 Å². The largest absolute Gasteiger partial charge is 0.484 e. The van der Waals surface area contributed by atoms with E-state index in [9.17, 15) is 13.6 Å². The molecule has 12 heteroatoms. The smallest absolute Gasteiger partial charge is 0.410 e. The standard InChI is InChI=1S/C31H42BrF2N5O4/c1-7-20-16-22-24(25(23(20)32)41-19-30(5,33)34)35-27(42-21-8-12-37(6)13-9-21)36-26(22)38-14-10-31(11-15-38)17-39(18-31)28(40)43-29(2,3)4/h7,16,21H,1,8-15,17-19H2,2-6H3. The number of hydrogen-bond acceptors (Lipinski definition) is 8. The molecule has 9 nitrogen and oxygen atoms in total. The van der Waals surface area contributed by atoms with Crippen LogP contribution in [0.25, 0.3) is 17.0 Å². The third-order valence-electron chi connectivity index (χ3n) is 8.33. The number of anilines is 1. The van der Waals surface area contributed by atoms with Crippen molar-refractivity contribution in [1.82, 2.24) is 19.8 Å². The van der Waals surface area contributed by atoms with Crippen LogP contribution in [0, 0.1) is 5.41 Å². The zero-order valence-electron chi connectivity index (χ0n) is 25.7. The Kier molecular flexibility index (Phi) is 8.83. The molecule has 1 spiro atoms. The van der Waals surface area contributed by atoms with Crippen LogP contribution in [0.5, 0.6) is 11.8 Å². The number of benzene rings is 1. The lowest BCUT2D eigenvalue weighted by atomic mass is 9.72. The molecule has 0 N–H and O–H groups in total. The average Bonchev–Trinajstić information content (AvgIpc) is 2.90. The molecule has 43 heavy (non-hydrogen) atoms. The Hall–Kier alpha value is -2.73. The lowest BCUT2D eigenvalue weighted by Gasteiger charge is -2.53. The second kappa shape index (κ2) is 12.0. The zero-order valence-corrected chi connectivity index (χ0v) is 27.3. The predicted molar refractivity (Wildman–Crippen MR) is 166 cm³/mol. The van der Waals surface area contributed by atoms with Crippen molar-refractivity contribution >= 4 is 44.8 Å². The molecule has 4 heterocycles. The van der Waals surface area contributed by atoms with Gasteiger partial charge in [-0.1, -0.05) is 12.7 Å². The van der Waals surface area contributed by atoms with Gasteiger partial charge < -0.3 is 28.9 Å². The lowest BCUT2D eigenvalue weighted by molar-refractivity contribution is -0.0434. The van der Waals surface area contributed by atoms with E-state index in [2.05, 4.69) is 39.4 Å². The van der Waals surface area contributed by atoms with Gasteiger partial charge >= 0.3 is 12.1 Å². The minimum absolute atomic E-state index is 0.0415. The molecule has 236 valence electrons. The van der Waals surface area contributed by atoms with Gasteiger partial charge in [0.15, 0.2) is 12.4 Å². The van der Waals surface area contributed by atoms with Gasteiger partial charge in [0.2, 0.25) is 0 Å². The number of carbonyl (C=O) groups is 1. The number of hydrogen-bond donors (Lipinski definition) is 0. The fourth-order valence-corrected chi connectivity index (χ4v) is 6.53. The molecule has 3 saturated heterocycles. The molecule has 1 amide bonds. The van der Waals surface area contributed by atoms with E-state index in [1.807, 2.05) is 26.8 Å². The van der Waals surface area contributed by atoms with E-state index in [4.69, 9.17) is 24.2 Å². The fraction of sp³-hybridized carbons (Fsp3) is 0.645. The summed E-state index contributed by atoms with van der Waals surface area (Å²) in [6.45, 7) is 14.1. The van der Waals surface area contributed by atoms with E-state index in [1.165, 1.54) is 0 Å². The summed E-state index contributed by atoms with van der Waals surface area (Å²) in [7, 11) is 2.08. The summed E-state index contributed by atoms with van der Waals surface area (Å²) in [4.78, 5) is 28.4. The van der Waals surface area contributed by atoms with E-state index in [-0.39, 0.29) is 29.4 Å². The van der Waals surface area contributed by atoms with Crippen LogP contribution >= 0.6 is 15.9 Å². The van der Waals surface area contributed by atoms with Crippen LogP contribution < -0.4 is 14.4 Å². The third-order valence-corrected chi connectivity index (χ3v) is 9.15. The summed E-state index contributed by atoms with van der Waals surface area (Å²) in [6, 6.07) is 2.12. The van der Waals surface area contributed by atoms with Crippen LogP contribution in [0.15, 0.2) is 17.1 Å². The summed E-state index contributed by atoms with van der Waals surface area (Å²) < 4.78 is 45.9. The Balaban J connectivity index is 1.44. The topological polar surface area (TPSA) is 80.3 Å². The highest BCUT2D eigenvalue weighted by Gasteiger charge is 2.48. The van der Waals surface area contributed by atoms with Gasteiger partial charge in [-0.3, -0.25) is 0 Å². The highest BCUT2D eigenvalue weighted by Crippen LogP contribution is 2.45. The monoisotopic (exact) mass is 665 g/mol. The first-order chi connectivity index (χ1) is 20.2. The number of carbonyl (C=O) groups excluding carboxylic acids is 1. The molecule has 0 atom stereocenters. The number of aromatic nitrogens is 2. The van der Waals surface area contributed by atoms with Crippen molar-refractivity contribution in [3.63, 3.8) is 0 Å². The van der Waals surface area contributed by atoms with Crippen molar-refractivity contribution in [2.75, 3.05) is 57.8 Å². The second-order valence-electron chi connectivity index (χ2n) is 13.3. The van der Waals surface area contributed by atoms with Crippen LogP contribution in [0.2, 0.25) is 0 Å². The fourth-order valence-electron chi connectivity index (χ4n) is 5.95. The van der Waals surface area contributed by atoms with E-state index < -0.39 is 18.1 Å². The van der Waals surface area contributed by atoms with Gasteiger partial charge in [-0.05, 0) is 81.1 Å². The van der Waals surface area contributed by atoms with Crippen molar-refractivity contribution < 1.29 is 27.8 Å². The maximum atomic E-state index is 13.9. The summed E-state index contributed by atoms with van der Waals surface area (Å²) in [5.41, 5.74) is 0.616. The summed E-state index contributed by atoms with van der Waals surface area (Å²) in [5.74, 6) is -2.14. The van der Waals surface area contributed by atoms with Gasteiger partial charge in [-0.2, -0.15) is 9.97 Å². The van der Waals surface area contributed by atoms with Crippen molar-refractivity contribution in [1.29, 1.82) is 0 Å². The van der Waals surface area contributed by atoms with Crippen LogP contribution in [0.1, 0.15) is 58.9 Å². The van der Waals surface area contributed by atoms with Crippen LogP contribution in [-0.2, 0) is 4.74 Å². The van der Waals surface area contributed by atoms with Crippen molar-refractivity contribution in [3.8, 4) is 11.8 Å². The van der Waals surface area contributed by atoms with E-state index >= 15 is 0 Å². The van der Waals surface area contributed by atoms with Crippen LogP contribution in [-0.4, -0.2) is 96.4 Å². The van der Waals surface area contributed by atoms with Gasteiger partial charge in [0.25, 0.3) is 5.92 Å². The maximum Gasteiger partial charge on any atom is 0.410 e. The molecule has 1 aromatic carbocycles. The molecule has 0 unspecified atom stereocenters. The first-order valence-electron chi connectivity index (χ1n) is 14.9. The van der Waals surface area contributed by atoms with Gasteiger partial charge in [-0.25, -0.2) is 13.6 Å². The molecular formula is C31H42BrF2N5O4. The number of alkyl halides is 2. The minimum atomic E-state index is -3.03. The van der Waals surface area contributed by atoms with E-state index in [0.717, 1.165) is 45.7 Å². The number of ether oxygens (including phenoxy) is 3. The zero-order chi connectivity index (χ0) is 31.2. The highest BCUT2D eigenvalue weighted by molar-refractivity contribution is 9.10. The lowest BCUT2D eigenvalue weighted by Crippen LogP contribution is -2.62. The Morgan fingerprint density at radius 3 is 2.37 bits per heavy atom. The summed E-state index contributed by atoms with van der Waals surface area (Å²) in [5, 5.41) is 0.684. The summed E-state index contributed by atoms with van der Waals surface area (Å²) in [6.07, 6.45) is 4.78. The van der Waals surface area contributed by atoms with Crippen molar-refractivity contribution in [2.45, 2.75) is 71.0 Å². The quantitative estimate of drug-likeness (QED) is 0.337. The predicted octanol–water partition coefficient (Wildman–Crippen LogP) is 6.38. The molecule has 0 saturated carbocycles. The highest BCUT2D eigenvalue weighted by atomic mass is 79.9. The van der Waals surface area contributed by atoms with Crippen molar-refractivity contribution in [3.05, 3.63) is 22.7 Å².